The number of rotatable bonds is 3. The second kappa shape index (κ2) is 10.8. The maximum absolute atomic E-state index is 13.7. The molecule has 1 heterocycles. The number of Topliss-reactive ketones (excluding diaryl/α,β-unsaturated/α-hetero) is 1. The van der Waals surface area contributed by atoms with Crippen LogP contribution in [0.4, 0.5) is 5.69 Å². The number of carbonyl (C=O) groups excluding carboxylic acids is 2. The number of methoxy groups -OCH3 is 1. The van der Waals surface area contributed by atoms with Gasteiger partial charge in [-0.3, -0.25) is 9.59 Å². The fourth-order valence-corrected chi connectivity index (χ4v) is 6.32. The van der Waals surface area contributed by atoms with Crippen molar-refractivity contribution >= 4 is 34.7 Å². The number of fused-ring (bicyclic) bond motifs is 4. The lowest BCUT2D eigenvalue weighted by molar-refractivity contribution is -0.127. The molecule has 0 spiro atoms. The average Bonchev–Trinajstić information content (AvgIpc) is 3.24. The van der Waals surface area contributed by atoms with Crippen LogP contribution in [0.15, 0.2) is 78.4 Å². The normalized spacial score (nSPS) is 17.8. The van der Waals surface area contributed by atoms with Gasteiger partial charge in [-0.1, -0.05) is 54.1 Å². The summed E-state index contributed by atoms with van der Waals surface area (Å²) in [6.07, 6.45) is 2.08. The number of hydrogen-bond donors (Lipinski definition) is 0. The molecule has 1 amide bonds. The van der Waals surface area contributed by atoms with Gasteiger partial charge in [0.2, 0.25) is 5.91 Å². The molecule has 0 N–H and O–H groups in total. The monoisotopic (exact) mass is 497 g/mol. The fourth-order valence-electron chi connectivity index (χ4n) is 5.28. The first kappa shape index (κ1) is 24.4. The van der Waals surface area contributed by atoms with Gasteiger partial charge in [-0.15, -0.1) is 0 Å². The number of carbonyl (C=O) groups is 2. The third-order valence-corrected chi connectivity index (χ3v) is 8.27. The molecule has 0 saturated carbocycles. The zero-order chi connectivity index (χ0) is 25.1. The number of allylic oxidation sites excluding steroid dienone is 1. The smallest absolute Gasteiger partial charge is 0.230 e. The molecule has 5 heteroatoms. The molecule has 5 rings (SSSR count). The summed E-state index contributed by atoms with van der Waals surface area (Å²) in [7, 11) is 3.41. The van der Waals surface area contributed by atoms with Gasteiger partial charge in [-0.05, 0) is 64.9 Å². The molecule has 3 aromatic carbocycles. The Kier molecular flexibility index (Phi) is 7.28. The van der Waals surface area contributed by atoms with Crippen LogP contribution in [0.5, 0.6) is 5.75 Å². The minimum absolute atomic E-state index is 0.0378. The summed E-state index contributed by atoms with van der Waals surface area (Å²) >= 11 is 1.90. The van der Waals surface area contributed by atoms with Gasteiger partial charge in [0.05, 0.1) is 7.11 Å². The number of amides is 1. The first-order valence-electron chi connectivity index (χ1n) is 12.4. The number of anilines is 1. The van der Waals surface area contributed by atoms with Crippen LogP contribution in [-0.4, -0.2) is 31.6 Å². The summed E-state index contributed by atoms with van der Waals surface area (Å²) in [5.41, 5.74) is 8.18. The van der Waals surface area contributed by atoms with Crippen LogP contribution in [0.1, 0.15) is 35.1 Å². The van der Waals surface area contributed by atoms with E-state index in [1.807, 2.05) is 36.0 Å². The van der Waals surface area contributed by atoms with E-state index in [1.165, 1.54) is 27.8 Å². The van der Waals surface area contributed by atoms with Crippen LogP contribution in [-0.2, 0) is 28.2 Å². The lowest BCUT2D eigenvalue weighted by Gasteiger charge is -2.24. The zero-order valence-electron chi connectivity index (χ0n) is 20.8. The molecular weight excluding hydrogens is 466 g/mol. The first-order chi connectivity index (χ1) is 17.5. The molecule has 1 atom stereocenters. The molecule has 0 saturated heterocycles. The number of hydrogen-bond acceptors (Lipinski definition) is 4. The van der Waals surface area contributed by atoms with Crippen LogP contribution >= 0.6 is 11.8 Å². The van der Waals surface area contributed by atoms with Gasteiger partial charge in [0, 0.05) is 43.0 Å². The van der Waals surface area contributed by atoms with Crippen LogP contribution in [0, 0.1) is 5.92 Å². The van der Waals surface area contributed by atoms with Crippen LogP contribution in [0.3, 0.4) is 0 Å². The molecule has 36 heavy (non-hydrogen) atoms. The molecule has 2 aliphatic rings. The van der Waals surface area contributed by atoms with Crippen molar-refractivity contribution in [3.63, 3.8) is 0 Å². The van der Waals surface area contributed by atoms with E-state index in [1.54, 1.807) is 19.1 Å². The summed E-state index contributed by atoms with van der Waals surface area (Å²) in [6, 6.07) is 24.4. The maximum Gasteiger partial charge on any atom is 0.230 e. The molecule has 184 valence electrons. The molecular formula is C31H31NO3S. The molecule has 0 aromatic heterocycles. The predicted molar refractivity (Wildman–Crippen MR) is 148 cm³/mol. The standard InChI is InChI=1S/C31H31NO3S/c1-32(26-10-12-28(35-2)13-11-26)31(34)24-15-21-6-5-7-22(14-21)19-36-20-25-16-23-8-3-4-9-29(23)30(25)18-27(33)17-24/h3-14,24H,15-20H2,1-2H3/t24-/m1/s1. The Bertz CT molecular complexity index is 1310. The van der Waals surface area contributed by atoms with Crippen molar-refractivity contribution in [3.8, 4) is 5.75 Å². The highest BCUT2D eigenvalue weighted by atomic mass is 32.2. The van der Waals surface area contributed by atoms with Gasteiger partial charge in [0.25, 0.3) is 0 Å². The van der Waals surface area contributed by atoms with Gasteiger partial charge >= 0.3 is 0 Å². The average molecular weight is 498 g/mol. The third-order valence-electron chi connectivity index (χ3n) is 7.18. The zero-order valence-corrected chi connectivity index (χ0v) is 21.6. The van der Waals surface area contributed by atoms with E-state index in [9.17, 15) is 9.59 Å². The molecule has 1 aliphatic heterocycles. The molecule has 2 bridgehead atoms. The highest BCUT2D eigenvalue weighted by Gasteiger charge is 2.29. The fraction of sp³-hybridized carbons (Fsp3) is 0.290. The summed E-state index contributed by atoms with van der Waals surface area (Å²) in [6.45, 7) is 0. The maximum atomic E-state index is 13.7. The third kappa shape index (κ3) is 5.26. The van der Waals surface area contributed by atoms with E-state index in [2.05, 4.69) is 48.5 Å². The second-order valence-electron chi connectivity index (χ2n) is 9.64. The largest absolute Gasteiger partial charge is 0.497 e. The Labute approximate surface area is 217 Å². The molecule has 4 nitrogen and oxygen atoms in total. The van der Waals surface area contributed by atoms with Crippen molar-refractivity contribution in [2.24, 2.45) is 5.92 Å². The number of thioether (sulfide) groups is 1. The van der Waals surface area contributed by atoms with Crippen molar-refractivity contribution in [2.75, 3.05) is 24.8 Å². The summed E-state index contributed by atoms with van der Waals surface area (Å²) in [5.74, 6) is 2.25. The number of benzene rings is 3. The lowest BCUT2D eigenvalue weighted by Crippen LogP contribution is -2.35. The number of ether oxygens (including phenoxy) is 1. The van der Waals surface area contributed by atoms with Crippen LogP contribution in [0.2, 0.25) is 0 Å². The SMILES string of the molecule is COc1ccc(N(C)C(=O)[C@H]2CC(=O)CC3=C(CSCc4cccc(c4)C2)Cc2ccccc23)cc1. The minimum Gasteiger partial charge on any atom is -0.497 e. The molecule has 0 unspecified atom stereocenters. The van der Waals surface area contributed by atoms with Gasteiger partial charge < -0.3 is 9.64 Å². The van der Waals surface area contributed by atoms with Crippen molar-refractivity contribution in [1.29, 1.82) is 0 Å². The summed E-state index contributed by atoms with van der Waals surface area (Å²) < 4.78 is 5.26. The van der Waals surface area contributed by atoms with E-state index in [4.69, 9.17) is 4.74 Å². The van der Waals surface area contributed by atoms with Gasteiger partial charge in [0.1, 0.15) is 11.5 Å². The van der Waals surface area contributed by atoms with E-state index in [0.717, 1.165) is 34.9 Å². The Morgan fingerprint density at radius 1 is 0.917 bits per heavy atom. The Balaban J connectivity index is 1.45. The Morgan fingerprint density at radius 2 is 1.69 bits per heavy atom. The van der Waals surface area contributed by atoms with Crippen LogP contribution in [0.25, 0.3) is 5.57 Å². The Morgan fingerprint density at radius 3 is 2.50 bits per heavy atom. The lowest BCUT2D eigenvalue weighted by atomic mass is 9.89. The van der Waals surface area contributed by atoms with Crippen molar-refractivity contribution in [2.45, 2.75) is 31.4 Å². The number of nitrogens with zero attached hydrogens (tertiary/aromatic N) is 1. The Hall–Kier alpha value is -3.31. The molecule has 3 aromatic rings. The van der Waals surface area contributed by atoms with Gasteiger partial charge in [-0.2, -0.15) is 11.8 Å². The summed E-state index contributed by atoms with van der Waals surface area (Å²) in [5, 5.41) is 0. The second-order valence-corrected chi connectivity index (χ2v) is 10.6. The van der Waals surface area contributed by atoms with Crippen LogP contribution < -0.4 is 9.64 Å². The quantitative estimate of drug-likeness (QED) is 0.437. The van der Waals surface area contributed by atoms with E-state index in [0.29, 0.717) is 12.8 Å². The van der Waals surface area contributed by atoms with Crippen molar-refractivity contribution in [1.82, 2.24) is 0 Å². The van der Waals surface area contributed by atoms with E-state index in [-0.39, 0.29) is 18.1 Å². The molecule has 0 fully saturated rings. The van der Waals surface area contributed by atoms with Gasteiger partial charge in [0.15, 0.2) is 0 Å². The first-order valence-corrected chi connectivity index (χ1v) is 13.6. The topological polar surface area (TPSA) is 46.6 Å². The minimum atomic E-state index is -0.422. The summed E-state index contributed by atoms with van der Waals surface area (Å²) in [4.78, 5) is 28.9. The molecule has 1 aliphatic carbocycles. The highest BCUT2D eigenvalue weighted by Crippen LogP contribution is 2.38. The van der Waals surface area contributed by atoms with E-state index >= 15 is 0 Å². The number of ketones is 1. The molecule has 0 radical (unpaired) electrons. The van der Waals surface area contributed by atoms with Crippen molar-refractivity contribution < 1.29 is 14.3 Å². The highest BCUT2D eigenvalue weighted by molar-refractivity contribution is 7.98. The predicted octanol–water partition coefficient (Wildman–Crippen LogP) is 6.12. The van der Waals surface area contributed by atoms with Gasteiger partial charge in [-0.25, -0.2) is 0 Å². The van der Waals surface area contributed by atoms with E-state index < -0.39 is 5.92 Å². The van der Waals surface area contributed by atoms with Crippen molar-refractivity contribution in [3.05, 3.63) is 101 Å².